The molecule has 0 radical (unpaired) electrons. The molecule has 10 heteroatoms. The van der Waals surface area contributed by atoms with Crippen LogP contribution in [0.2, 0.25) is 0 Å². The molecule has 0 bridgehead atoms. The summed E-state index contributed by atoms with van der Waals surface area (Å²) in [5.74, 6) is 0.0196. The Hall–Kier alpha value is -3.92. The summed E-state index contributed by atoms with van der Waals surface area (Å²) in [6.07, 6.45) is 3.32. The molecule has 1 amide bonds. The number of pyridine rings is 1. The van der Waals surface area contributed by atoms with E-state index in [9.17, 15) is 14.0 Å². The fraction of sp³-hybridized carbons (Fsp3) is 0.452. The van der Waals surface area contributed by atoms with Gasteiger partial charge >= 0.3 is 12.2 Å². The van der Waals surface area contributed by atoms with Crippen LogP contribution in [0, 0.1) is 5.82 Å². The predicted octanol–water partition coefficient (Wildman–Crippen LogP) is 6.13. The molecular weight excluding hydrogens is 527 g/mol. The second-order valence-electron chi connectivity index (χ2n) is 11.4. The van der Waals surface area contributed by atoms with Gasteiger partial charge in [-0.1, -0.05) is 0 Å². The van der Waals surface area contributed by atoms with Gasteiger partial charge in [0.2, 0.25) is 0 Å². The van der Waals surface area contributed by atoms with Gasteiger partial charge in [0, 0.05) is 36.1 Å². The number of likely N-dealkylation sites (tertiary alicyclic amines) is 1. The minimum Gasteiger partial charge on any atom is -0.444 e. The highest BCUT2D eigenvalue weighted by Gasteiger charge is 2.30. The molecule has 4 rings (SSSR count). The van der Waals surface area contributed by atoms with Crippen LogP contribution in [0.4, 0.5) is 14.0 Å². The standard InChI is InChI=1S/C31H39FN4O5/c1-20(40-30(38)39-5)27(35-29(37)41-31(2,3)4)19-36-16-12-22(13-17-36)26-18-25(21-10-14-33-15-11-21)28(34-26)23-6-8-24(32)9-7-23/h6-11,14-15,18,20,22,27,34H,12-13,16-17,19H2,1-5H3,(H,35,37)/t20-,27+/m1/s1. The van der Waals surface area contributed by atoms with E-state index in [1.165, 1.54) is 19.2 Å². The molecule has 3 heterocycles. The summed E-state index contributed by atoms with van der Waals surface area (Å²) in [4.78, 5) is 34.3. The van der Waals surface area contributed by atoms with Crippen molar-refractivity contribution < 1.29 is 28.2 Å². The Balaban J connectivity index is 1.47. The number of H-pyrrole nitrogens is 1. The lowest BCUT2D eigenvalue weighted by molar-refractivity contribution is 0.0123. The van der Waals surface area contributed by atoms with Crippen molar-refractivity contribution >= 4 is 12.2 Å². The van der Waals surface area contributed by atoms with E-state index < -0.39 is 30.0 Å². The summed E-state index contributed by atoms with van der Waals surface area (Å²) in [5.41, 5.74) is 4.42. The van der Waals surface area contributed by atoms with Crippen molar-refractivity contribution in [2.24, 2.45) is 0 Å². The highest BCUT2D eigenvalue weighted by molar-refractivity contribution is 5.82. The quantitative estimate of drug-likeness (QED) is 0.316. The van der Waals surface area contributed by atoms with Crippen LogP contribution in [-0.4, -0.2) is 71.6 Å². The van der Waals surface area contributed by atoms with Gasteiger partial charge in [0.25, 0.3) is 0 Å². The molecule has 1 fully saturated rings. The first kappa shape index (κ1) is 30.0. The van der Waals surface area contributed by atoms with Crippen LogP contribution < -0.4 is 5.32 Å². The lowest BCUT2D eigenvalue weighted by Crippen LogP contribution is -2.52. The Morgan fingerprint density at radius 3 is 2.37 bits per heavy atom. The molecule has 0 spiro atoms. The summed E-state index contributed by atoms with van der Waals surface area (Å²) < 4.78 is 29.1. The van der Waals surface area contributed by atoms with E-state index in [4.69, 9.17) is 9.47 Å². The number of carbonyl (C=O) groups excluding carboxylic acids is 2. The highest BCUT2D eigenvalue weighted by atomic mass is 19.1. The summed E-state index contributed by atoms with van der Waals surface area (Å²) in [7, 11) is 1.25. The fourth-order valence-electron chi connectivity index (χ4n) is 5.06. The van der Waals surface area contributed by atoms with Gasteiger partial charge in [0.1, 0.15) is 17.5 Å². The Bertz CT molecular complexity index is 1300. The van der Waals surface area contributed by atoms with Crippen LogP contribution in [0.3, 0.4) is 0 Å². The zero-order chi connectivity index (χ0) is 29.6. The van der Waals surface area contributed by atoms with Gasteiger partial charge in [0.15, 0.2) is 0 Å². The van der Waals surface area contributed by atoms with Crippen LogP contribution in [0.5, 0.6) is 0 Å². The molecule has 1 aliphatic rings. The molecule has 1 aliphatic heterocycles. The molecule has 1 aromatic carbocycles. The number of aromatic amines is 1. The van der Waals surface area contributed by atoms with Crippen LogP contribution in [0.1, 0.15) is 52.1 Å². The Morgan fingerprint density at radius 2 is 1.76 bits per heavy atom. The van der Waals surface area contributed by atoms with Crippen LogP contribution >= 0.6 is 0 Å². The van der Waals surface area contributed by atoms with Crippen molar-refractivity contribution in [1.29, 1.82) is 0 Å². The number of rotatable bonds is 8. The molecule has 41 heavy (non-hydrogen) atoms. The molecule has 9 nitrogen and oxygen atoms in total. The number of alkyl carbamates (subject to hydrolysis) is 1. The van der Waals surface area contributed by atoms with E-state index in [0.29, 0.717) is 12.5 Å². The fourth-order valence-corrected chi connectivity index (χ4v) is 5.06. The first-order chi connectivity index (χ1) is 19.5. The van der Waals surface area contributed by atoms with Gasteiger partial charge in [0.05, 0.1) is 18.8 Å². The second kappa shape index (κ2) is 13.2. The Kier molecular flexibility index (Phi) is 9.65. The summed E-state index contributed by atoms with van der Waals surface area (Å²) >= 11 is 0. The van der Waals surface area contributed by atoms with Crippen LogP contribution in [-0.2, 0) is 14.2 Å². The number of benzene rings is 1. The first-order valence-electron chi connectivity index (χ1n) is 13.9. The summed E-state index contributed by atoms with van der Waals surface area (Å²) in [6, 6.07) is 12.1. The number of ether oxygens (including phenoxy) is 3. The van der Waals surface area contributed by atoms with Crippen molar-refractivity contribution in [3.8, 4) is 22.4 Å². The van der Waals surface area contributed by atoms with Crippen molar-refractivity contribution in [3.63, 3.8) is 0 Å². The van der Waals surface area contributed by atoms with E-state index in [0.717, 1.165) is 54.0 Å². The van der Waals surface area contributed by atoms with Gasteiger partial charge in [-0.15, -0.1) is 0 Å². The second-order valence-corrected chi connectivity index (χ2v) is 11.4. The smallest absolute Gasteiger partial charge is 0.444 e. The van der Waals surface area contributed by atoms with Gasteiger partial charge in [-0.05, 0) is 107 Å². The summed E-state index contributed by atoms with van der Waals surface area (Å²) in [6.45, 7) is 9.17. The van der Waals surface area contributed by atoms with E-state index in [1.807, 2.05) is 12.1 Å². The Morgan fingerprint density at radius 1 is 1.10 bits per heavy atom. The minimum atomic E-state index is -0.805. The van der Waals surface area contributed by atoms with Gasteiger partial charge in [-0.25, -0.2) is 14.0 Å². The monoisotopic (exact) mass is 566 g/mol. The third kappa shape index (κ3) is 8.29. The predicted molar refractivity (Wildman–Crippen MR) is 154 cm³/mol. The lowest BCUT2D eigenvalue weighted by Gasteiger charge is -2.35. The maximum atomic E-state index is 13.6. The van der Waals surface area contributed by atoms with Crippen LogP contribution in [0.25, 0.3) is 22.4 Å². The average molecular weight is 567 g/mol. The number of piperidine rings is 1. The van der Waals surface area contributed by atoms with Crippen LogP contribution in [0.15, 0.2) is 54.9 Å². The van der Waals surface area contributed by atoms with Crippen molar-refractivity contribution in [1.82, 2.24) is 20.2 Å². The number of hydrogen-bond acceptors (Lipinski definition) is 7. The third-order valence-electron chi connectivity index (χ3n) is 7.16. The highest BCUT2D eigenvalue weighted by Crippen LogP contribution is 2.37. The topological polar surface area (TPSA) is 106 Å². The molecular formula is C31H39FN4O5. The number of hydrogen-bond donors (Lipinski definition) is 2. The molecule has 2 atom stereocenters. The zero-order valence-corrected chi connectivity index (χ0v) is 24.3. The average Bonchev–Trinajstić information content (AvgIpc) is 3.38. The summed E-state index contributed by atoms with van der Waals surface area (Å²) in [5, 5.41) is 2.87. The van der Waals surface area contributed by atoms with Crippen molar-refractivity contribution in [2.75, 3.05) is 26.7 Å². The van der Waals surface area contributed by atoms with Gasteiger partial charge < -0.3 is 29.4 Å². The third-order valence-corrected chi connectivity index (χ3v) is 7.16. The number of carbonyl (C=O) groups is 2. The number of nitrogens with one attached hydrogen (secondary N) is 2. The molecule has 0 saturated carbocycles. The first-order valence-corrected chi connectivity index (χ1v) is 13.9. The number of aromatic nitrogens is 2. The molecule has 2 aromatic heterocycles. The normalized spacial score (nSPS) is 16.0. The van der Waals surface area contributed by atoms with Gasteiger partial charge in [-0.3, -0.25) is 4.98 Å². The van der Waals surface area contributed by atoms with Crippen molar-refractivity contribution in [3.05, 3.63) is 66.4 Å². The maximum Gasteiger partial charge on any atom is 0.508 e. The number of nitrogens with zero attached hydrogens (tertiary/aromatic N) is 2. The largest absolute Gasteiger partial charge is 0.508 e. The lowest BCUT2D eigenvalue weighted by atomic mass is 9.92. The molecule has 0 aliphatic carbocycles. The van der Waals surface area contributed by atoms with E-state index in [-0.39, 0.29) is 5.82 Å². The van der Waals surface area contributed by atoms with Gasteiger partial charge in [-0.2, -0.15) is 0 Å². The number of methoxy groups -OCH3 is 1. The van der Waals surface area contributed by atoms with Crippen molar-refractivity contribution in [2.45, 2.75) is 64.2 Å². The Labute approximate surface area is 240 Å². The maximum absolute atomic E-state index is 13.6. The molecule has 220 valence electrons. The number of halogens is 1. The van der Waals surface area contributed by atoms with E-state index >= 15 is 0 Å². The molecule has 2 N–H and O–H groups in total. The number of amides is 1. The minimum absolute atomic E-state index is 0.274. The molecule has 0 unspecified atom stereocenters. The molecule has 1 saturated heterocycles. The molecule has 3 aromatic rings. The zero-order valence-electron chi connectivity index (χ0n) is 24.3. The SMILES string of the molecule is COC(=O)O[C@H](C)[C@H](CN1CCC(c2cc(-c3ccncc3)c(-c3ccc(F)cc3)[nH]2)CC1)NC(=O)OC(C)(C)C. The van der Waals surface area contributed by atoms with E-state index in [2.05, 4.69) is 31.0 Å². The van der Waals surface area contributed by atoms with E-state index in [1.54, 1.807) is 52.2 Å².